The molecule has 1 heterocycles. The van der Waals surface area contributed by atoms with Crippen LogP contribution in [-0.2, 0) is 0 Å². The lowest BCUT2D eigenvalue weighted by Crippen LogP contribution is -1.95. The van der Waals surface area contributed by atoms with Gasteiger partial charge in [0.05, 0.1) is 11.1 Å². The Bertz CT molecular complexity index is 945. The summed E-state index contributed by atoms with van der Waals surface area (Å²) in [7, 11) is 0. The zero-order valence-corrected chi connectivity index (χ0v) is 13.3. The van der Waals surface area contributed by atoms with Crippen LogP contribution in [0.4, 0.5) is 0 Å². The molecule has 3 aromatic rings. The summed E-state index contributed by atoms with van der Waals surface area (Å²) in [6, 6.07) is 9.18. The van der Waals surface area contributed by atoms with Gasteiger partial charge in [0.15, 0.2) is 0 Å². The number of nitrogens with one attached hydrogen (secondary N) is 1. The first-order valence-corrected chi connectivity index (χ1v) is 7.63. The first kappa shape index (κ1) is 15.1. The summed E-state index contributed by atoms with van der Waals surface area (Å²) in [5, 5.41) is 12.2. The van der Waals surface area contributed by atoms with E-state index in [4.69, 9.17) is 5.11 Å². The quantitative estimate of drug-likeness (QED) is 0.684. The highest BCUT2D eigenvalue weighted by Gasteiger charge is 2.11. The van der Waals surface area contributed by atoms with Crippen molar-refractivity contribution in [3.8, 4) is 0 Å². The van der Waals surface area contributed by atoms with E-state index >= 15 is 0 Å². The van der Waals surface area contributed by atoms with Crippen LogP contribution in [0.15, 0.2) is 43.0 Å². The third kappa shape index (κ3) is 2.66. The van der Waals surface area contributed by atoms with Crippen molar-refractivity contribution >= 4 is 39.8 Å². The molecule has 2 N–H and O–H groups in total. The van der Waals surface area contributed by atoms with Crippen molar-refractivity contribution in [1.29, 1.82) is 0 Å². The molecular weight excluding hydrogens is 286 g/mol. The second-order valence-corrected chi connectivity index (χ2v) is 5.99. The van der Waals surface area contributed by atoms with Crippen LogP contribution in [0.25, 0.3) is 33.8 Å². The molecule has 0 radical (unpaired) electrons. The number of carbonyl (C=O) groups is 1. The van der Waals surface area contributed by atoms with E-state index in [0.717, 1.165) is 32.9 Å². The van der Waals surface area contributed by atoms with Gasteiger partial charge in [-0.3, -0.25) is 0 Å². The standard InChI is InChI=1S/C20H19NO2/c1-4-15-17-9-6-13-11-14(20(22)23)7-8-16(13)19(17)21-18(15)10-5-12(2)3/h4-12,21H,1H2,2-3H3,(H,22,23)/b10-5-. The highest BCUT2D eigenvalue weighted by Crippen LogP contribution is 2.31. The van der Waals surface area contributed by atoms with Gasteiger partial charge in [0.1, 0.15) is 0 Å². The molecule has 0 saturated carbocycles. The number of allylic oxidation sites excluding steroid dienone is 1. The van der Waals surface area contributed by atoms with Crippen molar-refractivity contribution < 1.29 is 9.90 Å². The zero-order valence-electron chi connectivity index (χ0n) is 13.3. The summed E-state index contributed by atoms with van der Waals surface area (Å²) >= 11 is 0. The van der Waals surface area contributed by atoms with Crippen LogP contribution in [0.5, 0.6) is 0 Å². The first-order valence-electron chi connectivity index (χ1n) is 7.63. The van der Waals surface area contributed by atoms with Crippen LogP contribution < -0.4 is 0 Å². The Labute approximate surface area is 134 Å². The largest absolute Gasteiger partial charge is 0.478 e. The van der Waals surface area contributed by atoms with Gasteiger partial charge in [-0.1, -0.05) is 50.8 Å². The number of aromatic nitrogens is 1. The lowest BCUT2D eigenvalue weighted by Gasteiger charge is -2.02. The molecule has 3 rings (SSSR count). The third-order valence-corrected chi connectivity index (χ3v) is 3.96. The van der Waals surface area contributed by atoms with Crippen molar-refractivity contribution in [2.75, 3.05) is 0 Å². The van der Waals surface area contributed by atoms with E-state index in [9.17, 15) is 4.79 Å². The first-order chi connectivity index (χ1) is 11.0. The van der Waals surface area contributed by atoms with Gasteiger partial charge in [0, 0.05) is 22.0 Å². The predicted octanol–water partition coefficient (Wildman–Crippen LogP) is 5.33. The topological polar surface area (TPSA) is 53.1 Å². The Balaban J connectivity index is 2.28. The molecule has 0 saturated heterocycles. The summed E-state index contributed by atoms with van der Waals surface area (Å²) in [5.74, 6) is -0.445. The van der Waals surface area contributed by atoms with Crippen LogP contribution in [0.3, 0.4) is 0 Å². The molecule has 0 amide bonds. The number of carboxylic acid groups (broad SMARTS) is 1. The number of H-pyrrole nitrogens is 1. The van der Waals surface area contributed by atoms with E-state index in [1.807, 2.05) is 24.3 Å². The Kier molecular flexibility index (Phi) is 3.78. The van der Waals surface area contributed by atoms with Crippen molar-refractivity contribution in [2.24, 2.45) is 5.92 Å². The summed E-state index contributed by atoms with van der Waals surface area (Å²) in [5.41, 5.74) is 3.41. The number of benzene rings is 2. The number of aromatic amines is 1. The molecule has 0 fully saturated rings. The van der Waals surface area contributed by atoms with Crippen LogP contribution >= 0.6 is 0 Å². The molecule has 23 heavy (non-hydrogen) atoms. The second kappa shape index (κ2) is 5.76. The maximum absolute atomic E-state index is 11.1. The minimum atomic E-state index is -0.911. The van der Waals surface area contributed by atoms with Gasteiger partial charge >= 0.3 is 5.97 Å². The van der Waals surface area contributed by atoms with Gasteiger partial charge in [-0.05, 0) is 29.5 Å². The molecule has 0 aliphatic rings. The van der Waals surface area contributed by atoms with Crippen molar-refractivity contribution in [2.45, 2.75) is 13.8 Å². The lowest BCUT2D eigenvalue weighted by molar-refractivity contribution is 0.0697. The molecule has 116 valence electrons. The number of fused-ring (bicyclic) bond motifs is 3. The van der Waals surface area contributed by atoms with Crippen molar-refractivity contribution in [3.63, 3.8) is 0 Å². The number of aromatic carboxylic acids is 1. The number of carboxylic acids is 1. The van der Waals surface area contributed by atoms with E-state index in [-0.39, 0.29) is 0 Å². The van der Waals surface area contributed by atoms with E-state index in [2.05, 4.69) is 37.6 Å². The van der Waals surface area contributed by atoms with Crippen molar-refractivity contribution in [3.05, 3.63) is 59.8 Å². The summed E-state index contributed by atoms with van der Waals surface area (Å²) < 4.78 is 0. The van der Waals surface area contributed by atoms with Gasteiger partial charge in [-0.25, -0.2) is 4.79 Å². The van der Waals surface area contributed by atoms with E-state index in [1.54, 1.807) is 12.1 Å². The SMILES string of the molecule is C=Cc1c(/C=C\C(C)C)[nH]c2c1ccc1cc(C(=O)O)ccc12. The van der Waals surface area contributed by atoms with Gasteiger partial charge in [-0.15, -0.1) is 0 Å². The lowest BCUT2D eigenvalue weighted by atomic mass is 10.0. The van der Waals surface area contributed by atoms with Gasteiger partial charge in [0.25, 0.3) is 0 Å². The normalized spacial score (nSPS) is 11.8. The molecule has 0 atom stereocenters. The van der Waals surface area contributed by atoms with E-state index < -0.39 is 5.97 Å². The summed E-state index contributed by atoms with van der Waals surface area (Å²) in [6.07, 6.45) is 6.08. The Morgan fingerprint density at radius 3 is 2.61 bits per heavy atom. The Hall–Kier alpha value is -2.81. The molecule has 0 unspecified atom stereocenters. The third-order valence-electron chi connectivity index (χ3n) is 3.96. The van der Waals surface area contributed by atoms with E-state index in [0.29, 0.717) is 11.5 Å². The summed E-state index contributed by atoms with van der Waals surface area (Å²) in [4.78, 5) is 14.6. The van der Waals surface area contributed by atoms with Crippen LogP contribution in [0.2, 0.25) is 0 Å². The minimum Gasteiger partial charge on any atom is -0.478 e. The van der Waals surface area contributed by atoms with Gasteiger partial charge in [0.2, 0.25) is 0 Å². The zero-order chi connectivity index (χ0) is 16.6. The molecule has 1 aromatic heterocycles. The average molecular weight is 305 g/mol. The molecule has 0 aliphatic heterocycles. The molecular formula is C20H19NO2. The number of hydrogen-bond donors (Lipinski definition) is 2. The fourth-order valence-corrected chi connectivity index (χ4v) is 2.81. The fraction of sp³-hybridized carbons (Fsp3) is 0.150. The molecule has 3 nitrogen and oxygen atoms in total. The smallest absolute Gasteiger partial charge is 0.335 e. The molecule has 0 aliphatic carbocycles. The Morgan fingerprint density at radius 2 is 1.96 bits per heavy atom. The maximum Gasteiger partial charge on any atom is 0.335 e. The highest BCUT2D eigenvalue weighted by atomic mass is 16.4. The number of rotatable bonds is 4. The maximum atomic E-state index is 11.1. The van der Waals surface area contributed by atoms with Crippen molar-refractivity contribution in [1.82, 2.24) is 4.98 Å². The second-order valence-electron chi connectivity index (χ2n) is 5.99. The monoisotopic (exact) mass is 305 g/mol. The van der Waals surface area contributed by atoms with Gasteiger partial charge in [-0.2, -0.15) is 0 Å². The van der Waals surface area contributed by atoms with Crippen LogP contribution in [0.1, 0.15) is 35.5 Å². The highest BCUT2D eigenvalue weighted by molar-refractivity contribution is 6.10. The van der Waals surface area contributed by atoms with Crippen LogP contribution in [0, 0.1) is 5.92 Å². The average Bonchev–Trinajstić information content (AvgIpc) is 2.90. The molecule has 2 aromatic carbocycles. The molecule has 3 heteroatoms. The van der Waals surface area contributed by atoms with E-state index in [1.165, 1.54) is 0 Å². The molecule has 0 spiro atoms. The predicted molar refractivity (Wildman–Crippen MR) is 96.7 cm³/mol. The molecule has 0 bridgehead atoms. The van der Waals surface area contributed by atoms with Crippen LogP contribution in [-0.4, -0.2) is 16.1 Å². The number of hydrogen-bond acceptors (Lipinski definition) is 1. The summed E-state index contributed by atoms with van der Waals surface area (Å²) in [6.45, 7) is 8.20. The van der Waals surface area contributed by atoms with Gasteiger partial charge < -0.3 is 10.1 Å². The fourth-order valence-electron chi connectivity index (χ4n) is 2.81. The minimum absolute atomic E-state index is 0.298. The Morgan fingerprint density at radius 1 is 1.22 bits per heavy atom.